The van der Waals surface area contributed by atoms with Crippen LogP contribution >= 0.6 is 0 Å². The molecular weight excluding hydrogens is 342 g/mol. The molecule has 0 radical (unpaired) electrons. The smallest absolute Gasteiger partial charge is 0.409 e. The Morgan fingerprint density at radius 3 is 2.56 bits per heavy atom. The molecule has 1 rings (SSSR count). The fraction of sp³-hybridized carbons (Fsp3) is 0.524. The molecule has 1 unspecified atom stereocenters. The van der Waals surface area contributed by atoms with Crippen molar-refractivity contribution in [1.82, 2.24) is 9.80 Å². The minimum atomic E-state index is -0.486. The lowest BCUT2D eigenvalue weighted by atomic mass is 10.0. The average molecular weight is 375 g/mol. The number of nitrogens with zero attached hydrogens (tertiary/aromatic N) is 3. The van der Waals surface area contributed by atoms with E-state index in [9.17, 15) is 10.0 Å². The first-order chi connectivity index (χ1) is 12.5. The SMILES string of the molecule is C#CCN(C)C(C)c1ccc(/C=[N+](\O)C(C)(C)C)c(OC(=O)N(C)CC)c1. The van der Waals surface area contributed by atoms with Crippen LogP contribution in [0.2, 0.25) is 0 Å². The Labute approximate surface area is 163 Å². The summed E-state index contributed by atoms with van der Waals surface area (Å²) in [5.41, 5.74) is 1.09. The van der Waals surface area contributed by atoms with Crippen molar-refractivity contribution >= 4 is 12.3 Å². The molecular formula is C21H32N3O3+. The topological polar surface area (TPSA) is 56.0 Å². The van der Waals surface area contributed by atoms with Gasteiger partial charge in [-0.2, -0.15) is 0 Å². The summed E-state index contributed by atoms with van der Waals surface area (Å²) in [4.78, 5) is 15.8. The standard InChI is InChI=1S/C21H32N3O3/c1-9-13-23(8)16(3)17-11-12-18(15-24(26)21(4,5)6)19(14-17)27-20(25)22(7)10-2/h1,11-12,14-16,26H,10,13H2,2-8H3/q+1/b24-15-. The van der Waals surface area contributed by atoms with Gasteiger partial charge in [0.05, 0.1) is 12.1 Å². The van der Waals surface area contributed by atoms with Crippen LogP contribution in [0.5, 0.6) is 5.75 Å². The maximum absolute atomic E-state index is 12.3. The highest BCUT2D eigenvalue weighted by atomic mass is 16.6. The van der Waals surface area contributed by atoms with Crippen LogP contribution in [0.4, 0.5) is 4.79 Å². The van der Waals surface area contributed by atoms with E-state index in [0.717, 1.165) is 10.3 Å². The molecule has 0 fully saturated rings. The molecule has 0 bridgehead atoms. The molecule has 1 amide bonds. The van der Waals surface area contributed by atoms with Crippen LogP contribution < -0.4 is 4.74 Å². The van der Waals surface area contributed by atoms with Crippen molar-refractivity contribution < 1.29 is 19.5 Å². The highest BCUT2D eigenvalue weighted by Crippen LogP contribution is 2.26. The third kappa shape index (κ3) is 6.30. The highest BCUT2D eigenvalue weighted by molar-refractivity contribution is 5.82. The maximum Gasteiger partial charge on any atom is 0.414 e. The lowest BCUT2D eigenvalue weighted by molar-refractivity contribution is -0.816. The molecule has 0 aliphatic rings. The lowest BCUT2D eigenvalue weighted by Gasteiger charge is -2.24. The number of rotatable bonds is 6. The van der Waals surface area contributed by atoms with Gasteiger partial charge in [-0.3, -0.25) is 10.1 Å². The number of hydroxylamine groups is 1. The molecule has 1 aromatic carbocycles. The number of amides is 1. The van der Waals surface area contributed by atoms with Crippen LogP contribution in [-0.2, 0) is 0 Å². The van der Waals surface area contributed by atoms with Crippen LogP contribution in [0, 0.1) is 12.3 Å². The summed E-state index contributed by atoms with van der Waals surface area (Å²) in [5, 5.41) is 10.3. The molecule has 0 aliphatic carbocycles. The van der Waals surface area contributed by atoms with Crippen molar-refractivity contribution in [2.24, 2.45) is 0 Å². The zero-order chi connectivity index (χ0) is 20.8. The van der Waals surface area contributed by atoms with Crippen LogP contribution in [0.15, 0.2) is 18.2 Å². The molecule has 1 aromatic rings. The average Bonchev–Trinajstić information content (AvgIpc) is 2.60. The Hall–Kier alpha value is -2.52. The van der Waals surface area contributed by atoms with Crippen LogP contribution in [0.3, 0.4) is 0 Å². The molecule has 0 saturated carbocycles. The Kier molecular flexibility index (Phi) is 7.86. The second kappa shape index (κ2) is 9.43. The zero-order valence-corrected chi connectivity index (χ0v) is 17.5. The predicted octanol–water partition coefficient (Wildman–Crippen LogP) is 3.38. The normalized spacial score (nSPS) is 13.2. The van der Waals surface area contributed by atoms with E-state index >= 15 is 0 Å². The monoisotopic (exact) mass is 374 g/mol. The minimum absolute atomic E-state index is 0.0457. The molecule has 6 nitrogen and oxygen atoms in total. The Bertz CT molecular complexity index is 729. The summed E-state index contributed by atoms with van der Waals surface area (Å²) in [7, 11) is 3.61. The van der Waals surface area contributed by atoms with Crippen molar-refractivity contribution in [3.05, 3.63) is 29.3 Å². The van der Waals surface area contributed by atoms with Crippen molar-refractivity contribution in [3.63, 3.8) is 0 Å². The molecule has 1 N–H and O–H groups in total. The van der Waals surface area contributed by atoms with E-state index in [1.165, 1.54) is 4.90 Å². The van der Waals surface area contributed by atoms with Gasteiger partial charge in [0, 0.05) is 40.4 Å². The Balaban J connectivity index is 3.34. The van der Waals surface area contributed by atoms with Gasteiger partial charge in [-0.1, -0.05) is 12.0 Å². The summed E-state index contributed by atoms with van der Waals surface area (Å²) >= 11 is 0. The summed E-state index contributed by atoms with van der Waals surface area (Å²) in [6.07, 6.45) is 6.52. The molecule has 0 heterocycles. The van der Waals surface area contributed by atoms with Crippen molar-refractivity contribution in [3.8, 4) is 18.1 Å². The first-order valence-corrected chi connectivity index (χ1v) is 9.04. The van der Waals surface area contributed by atoms with Crippen molar-refractivity contribution in [2.75, 3.05) is 27.2 Å². The molecule has 148 valence electrons. The number of benzene rings is 1. The molecule has 0 saturated heterocycles. The molecule has 0 aliphatic heterocycles. The second-order valence-corrected chi connectivity index (χ2v) is 7.62. The van der Waals surface area contributed by atoms with E-state index < -0.39 is 11.6 Å². The van der Waals surface area contributed by atoms with Gasteiger partial charge in [0.2, 0.25) is 11.8 Å². The summed E-state index contributed by atoms with van der Waals surface area (Å²) in [6.45, 7) is 10.6. The van der Waals surface area contributed by atoms with E-state index in [0.29, 0.717) is 24.4 Å². The van der Waals surface area contributed by atoms with Crippen LogP contribution in [0.25, 0.3) is 0 Å². The van der Waals surface area contributed by atoms with E-state index in [4.69, 9.17) is 11.2 Å². The molecule has 6 heteroatoms. The van der Waals surface area contributed by atoms with E-state index in [-0.39, 0.29) is 6.04 Å². The van der Waals surface area contributed by atoms with Gasteiger partial charge in [0.25, 0.3) is 0 Å². The number of carbonyl (C=O) groups excluding carboxylic acids is 1. The minimum Gasteiger partial charge on any atom is -0.409 e. The second-order valence-electron chi connectivity index (χ2n) is 7.62. The van der Waals surface area contributed by atoms with E-state index in [1.807, 2.05) is 64.8 Å². The predicted molar refractivity (Wildman–Crippen MR) is 108 cm³/mol. The Morgan fingerprint density at radius 1 is 1.41 bits per heavy atom. The van der Waals surface area contributed by atoms with Gasteiger partial charge in [-0.25, -0.2) is 4.79 Å². The summed E-state index contributed by atoms with van der Waals surface area (Å²) in [6, 6.07) is 5.64. The Morgan fingerprint density at radius 2 is 2.04 bits per heavy atom. The largest absolute Gasteiger partial charge is 0.414 e. The van der Waals surface area contributed by atoms with Crippen molar-refractivity contribution in [1.29, 1.82) is 0 Å². The van der Waals surface area contributed by atoms with E-state index in [2.05, 4.69) is 5.92 Å². The third-order valence-corrected chi connectivity index (χ3v) is 4.45. The van der Waals surface area contributed by atoms with Gasteiger partial charge in [-0.15, -0.1) is 6.42 Å². The van der Waals surface area contributed by atoms with Gasteiger partial charge in [-0.05, 0) is 43.3 Å². The molecule has 0 aromatic heterocycles. The van der Waals surface area contributed by atoms with Crippen LogP contribution in [-0.4, -0.2) is 64.8 Å². The van der Waals surface area contributed by atoms with Gasteiger partial charge in [0.1, 0.15) is 5.75 Å². The quantitative estimate of drug-likeness (QED) is 0.273. The van der Waals surface area contributed by atoms with Crippen LogP contribution in [0.1, 0.15) is 51.8 Å². The van der Waals surface area contributed by atoms with Crippen molar-refractivity contribution in [2.45, 2.75) is 46.2 Å². The van der Waals surface area contributed by atoms with Gasteiger partial charge >= 0.3 is 6.09 Å². The zero-order valence-electron chi connectivity index (χ0n) is 17.5. The fourth-order valence-electron chi connectivity index (χ4n) is 2.17. The number of carbonyl (C=O) groups is 1. The lowest BCUT2D eigenvalue weighted by Crippen LogP contribution is -2.32. The number of ether oxygens (including phenoxy) is 1. The molecule has 0 spiro atoms. The number of hydrogen-bond acceptors (Lipinski definition) is 4. The summed E-state index contributed by atoms with van der Waals surface area (Å²) < 4.78 is 6.71. The number of hydrogen-bond donors (Lipinski definition) is 1. The molecule has 27 heavy (non-hydrogen) atoms. The van der Waals surface area contributed by atoms with E-state index in [1.54, 1.807) is 13.3 Å². The van der Waals surface area contributed by atoms with Gasteiger partial charge < -0.3 is 9.64 Å². The first-order valence-electron chi connectivity index (χ1n) is 9.04. The maximum atomic E-state index is 12.3. The van der Waals surface area contributed by atoms with Gasteiger partial charge in [0.15, 0.2) is 0 Å². The molecule has 1 atom stereocenters. The number of terminal acetylenes is 1. The first kappa shape index (κ1) is 22.5. The summed E-state index contributed by atoms with van der Waals surface area (Å²) in [5.74, 6) is 3.02. The highest BCUT2D eigenvalue weighted by Gasteiger charge is 2.26. The fourth-order valence-corrected chi connectivity index (χ4v) is 2.17. The third-order valence-electron chi connectivity index (χ3n) is 4.45.